The lowest BCUT2D eigenvalue weighted by Gasteiger charge is -2.34. The van der Waals surface area contributed by atoms with Gasteiger partial charge in [-0.3, -0.25) is 9.59 Å². The SMILES string of the molecule is COc1ccc(C(=O)NCC(=O)N2CCN(c3nc4cccnc4s3)CC2)cc1. The van der Waals surface area contributed by atoms with Gasteiger partial charge in [0.15, 0.2) is 5.13 Å². The number of anilines is 1. The van der Waals surface area contributed by atoms with Crippen LogP contribution in [-0.4, -0.2) is 66.5 Å². The number of ether oxygens (including phenoxy) is 1. The number of pyridine rings is 1. The molecular weight excluding hydrogens is 390 g/mol. The standard InChI is InChI=1S/C20H21N5O3S/c1-28-15-6-4-14(5-7-15)18(27)22-13-17(26)24-9-11-25(12-10-24)20-23-16-3-2-8-21-19(16)29-20/h2-8H,9-13H2,1H3,(H,22,27). The molecule has 1 fully saturated rings. The monoisotopic (exact) mass is 411 g/mol. The first-order chi connectivity index (χ1) is 14.1. The van der Waals surface area contributed by atoms with Crippen LogP contribution in [0, 0.1) is 0 Å². The molecule has 1 aliphatic heterocycles. The van der Waals surface area contributed by atoms with Crippen LogP contribution in [0.5, 0.6) is 5.75 Å². The molecule has 0 spiro atoms. The van der Waals surface area contributed by atoms with Crippen molar-refractivity contribution in [2.45, 2.75) is 0 Å². The molecule has 1 aliphatic rings. The van der Waals surface area contributed by atoms with Crippen LogP contribution < -0.4 is 15.0 Å². The van der Waals surface area contributed by atoms with Gasteiger partial charge in [0.25, 0.3) is 5.91 Å². The highest BCUT2D eigenvalue weighted by Crippen LogP contribution is 2.27. The first-order valence-electron chi connectivity index (χ1n) is 9.30. The number of fused-ring (bicyclic) bond motifs is 1. The smallest absolute Gasteiger partial charge is 0.251 e. The first kappa shape index (κ1) is 19.1. The molecule has 0 atom stereocenters. The van der Waals surface area contributed by atoms with Gasteiger partial charge in [-0.25, -0.2) is 9.97 Å². The highest BCUT2D eigenvalue weighted by atomic mass is 32.1. The molecule has 0 radical (unpaired) electrons. The van der Waals surface area contributed by atoms with E-state index in [1.165, 1.54) is 0 Å². The van der Waals surface area contributed by atoms with Crippen molar-refractivity contribution >= 4 is 38.6 Å². The fraction of sp³-hybridized carbons (Fsp3) is 0.300. The molecule has 0 aliphatic carbocycles. The highest BCUT2D eigenvalue weighted by molar-refractivity contribution is 7.21. The third-order valence-corrected chi connectivity index (χ3v) is 5.85. The minimum atomic E-state index is -0.276. The van der Waals surface area contributed by atoms with E-state index in [1.807, 2.05) is 12.1 Å². The molecule has 0 bridgehead atoms. The number of rotatable bonds is 5. The Labute approximate surface area is 172 Å². The number of amides is 2. The van der Waals surface area contributed by atoms with E-state index in [0.29, 0.717) is 37.5 Å². The predicted octanol–water partition coefficient (Wildman–Crippen LogP) is 1.78. The number of piperazine rings is 1. The van der Waals surface area contributed by atoms with E-state index in [9.17, 15) is 9.59 Å². The summed E-state index contributed by atoms with van der Waals surface area (Å²) in [6.45, 7) is 2.59. The Morgan fingerprint density at radius 2 is 1.90 bits per heavy atom. The van der Waals surface area contributed by atoms with Crippen molar-refractivity contribution in [1.29, 1.82) is 0 Å². The Morgan fingerprint density at radius 3 is 2.59 bits per heavy atom. The summed E-state index contributed by atoms with van der Waals surface area (Å²) in [5.41, 5.74) is 1.39. The van der Waals surface area contributed by atoms with Crippen molar-refractivity contribution < 1.29 is 14.3 Å². The largest absolute Gasteiger partial charge is 0.497 e. The first-order valence-corrected chi connectivity index (χ1v) is 10.1. The van der Waals surface area contributed by atoms with Crippen LogP contribution >= 0.6 is 11.3 Å². The minimum Gasteiger partial charge on any atom is -0.497 e. The Kier molecular flexibility index (Phi) is 5.57. The molecule has 1 N–H and O–H groups in total. The summed E-state index contributed by atoms with van der Waals surface area (Å²) >= 11 is 1.56. The van der Waals surface area contributed by atoms with Crippen LogP contribution in [0.25, 0.3) is 10.3 Å². The number of hydrogen-bond donors (Lipinski definition) is 1. The van der Waals surface area contributed by atoms with Gasteiger partial charge in [0.1, 0.15) is 16.1 Å². The Hall–Kier alpha value is -3.20. The van der Waals surface area contributed by atoms with Crippen molar-refractivity contribution in [3.63, 3.8) is 0 Å². The van der Waals surface area contributed by atoms with E-state index in [-0.39, 0.29) is 18.4 Å². The Bertz CT molecular complexity index is 979. The molecule has 3 aromatic rings. The molecule has 150 valence electrons. The number of benzene rings is 1. The summed E-state index contributed by atoms with van der Waals surface area (Å²) in [6.07, 6.45) is 1.77. The molecule has 0 unspecified atom stereocenters. The van der Waals surface area contributed by atoms with E-state index in [0.717, 1.165) is 15.5 Å². The number of nitrogens with one attached hydrogen (secondary N) is 1. The normalized spacial score (nSPS) is 14.1. The van der Waals surface area contributed by atoms with E-state index >= 15 is 0 Å². The van der Waals surface area contributed by atoms with Crippen molar-refractivity contribution in [3.05, 3.63) is 48.2 Å². The molecule has 4 rings (SSSR count). The molecule has 9 heteroatoms. The van der Waals surface area contributed by atoms with Gasteiger partial charge in [0.2, 0.25) is 5.91 Å². The van der Waals surface area contributed by atoms with Gasteiger partial charge in [-0.15, -0.1) is 0 Å². The van der Waals surface area contributed by atoms with Crippen LogP contribution in [0.2, 0.25) is 0 Å². The molecule has 2 aromatic heterocycles. The molecule has 1 saturated heterocycles. The fourth-order valence-electron chi connectivity index (χ4n) is 3.15. The molecule has 0 saturated carbocycles. The zero-order valence-electron chi connectivity index (χ0n) is 16.0. The van der Waals surface area contributed by atoms with E-state index in [1.54, 1.807) is 53.8 Å². The molecular formula is C20H21N5O3S. The number of hydrogen-bond acceptors (Lipinski definition) is 7. The summed E-state index contributed by atoms with van der Waals surface area (Å²) in [7, 11) is 1.57. The van der Waals surface area contributed by atoms with Crippen LogP contribution in [0.15, 0.2) is 42.6 Å². The molecule has 3 heterocycles. The second-order valence-corrected chi connectivity index (χ2v) is 7.56. The van der Waals surface area contributed by atoms with Crippen molar-refractivity contribution in [2.75, 3.05) is 44.7 Å². The van der Waals surface area contributed by atoms with Gasteiger partial charge < -0.3 is 19.9 Å². The van der Waals surface area contributed by atoms with Crippen molar-refractivity contribution in [3.8, 4) is 5.75 Å². The number of aromatic nitrogens is 2. The summed E-state index contributed by atoms with van der Waals surface area (Å²) in [5.74, 6) is 0.318. The molecule has 1 aromatic carbocycles. The lowest BCUT2D eigenvalue weighted by molar-refractivity contribution is -0.130. The van der Waals surface area contributed by atoms with E-state index in [2.05, 4.69) is 20.2 Å². The fourth-order valence-corrected chi connectivity index (χ4v) is 4.11. The van der Waals surface area contributed by atoms with Crippen LogP contribution in [0.1, 0.15) is 10.4 Å². The Balaban J connectivity index is 1.27. The maximum absolute atomic E-state index is 12.5. The number of carbonyl (C=O) groups excluding carboxylic acids is 2. The number of nitrogens with zero attached hydrogens (tertiary/aromatic N) is 4. The number of carbonyl (C=O) groups is 2. The third kappa shape index (κ3) is 4.29. The lowest BCUT2D eigenvalue weighted by atomic mass is 10.2. The van der Waals surface area contributed by atoms with Crippen molar-refractivity contribution in [1.82, 2.24) is 20.2 Å². The van der Waals surface area contributed by atoms with E-state index in [4.69, 9.17) is 4.74 Å². The maximum atomic E-state index is 12.5. The van der Waals surface area contributed by atoms with Crippen LogP contribution in [-0.2, 0) is 4.79 Å². The summed E-state index contributed by atoms with van der Waals surface area (Å²) in [4.78, 5) is 38.5. The lowest BCUT2D eigenvalue weighted by Crippen LogP contribution is -2.51. The predicted molar refractivity (Wildman–Crippen MR) is 112 cm³/mol. The average Bonchev–Trinajstić information content (AvgIpc) is 3.22. The third-order valence-electron chi connectivity index (χ3n) is 4.81. The maximum Gasteiger partial charge on any atom is 0.251 e. The summed E-state index contributed by atoms with van der Waals surface area (Å²) < 4.78 is 5.08. The topological polar surface area (TPSA) is 87.7 Å². The van der Waals surface area contributed by atoms with Gasteiger partial charge in [-0.2, -0.15) is 0 Å². The highest BCUT2D eigenvalue weighted by Gasteiger charge is 2.23. The zero-order valence-corrected chi connectivity index (χ0v) is 16.8. The number of thiazole rings is 1. The average molecular weight is 411 g/mol. The Morgan fingerprint density at radius 1 is 1.14 bits per heavy atom. The van der Waals surface area contributed by atoms with Gasteiger partial charge in [0, 0.05) is 37.9 Å². The van der Waals surface area contributed by atoms with Gasteiger partial charge in [0.05, 0.1) is 13.7 Å². The second-order valence-electron chi connectivity index (χ2n) is 6.60. The summed E-state index contributed by atoms with van der Waals surface area (Å²) in [6, 6.07) is 10.6. The van der Waals surface area contributed by atoms with Crippen LogP contribution in [0.3, 0.4) is 0 Å². The zero-order chi connectivity index (χ0) is 20.2. The van der Waals surface area contributed by atoms with E-state index < -0.39 is 0 Å². The van der Waals surface area contributed by atoms with Crippen LogP contribution in [0.4, 0.5) is 5.13 Å². The quantitative estimate of drug-likeness (QED) is 0.689. The molecule has 2 amide bonds. The second kappa shape index (κ2) is 8.44. The van der Waals surface area contributed by atoms with Gasteiger partial charge in [-0.05, 0) is 36.4 Å². The minimum absolute atomic E-state index is 0.0179. The summed E-state index contributed by atoms with van der Waals surface area (Å²) in [5, 5.41) is 3.62. The molecule has 29 heavy (non-hydrogen) atoms. The van der Waals surface area contributed by atoms with Gasteiger partial charge >= 0.3 is 0 Å². The number of methoxy groups -OCH3 is 1. The van der Waals surface area contributed by atoms with Gasteiger partial charge in [-0.1, -0.05) is 11.3 Å². The molecule has 8 nitrogen and oxygen atoms in total. The van der Waals surface area contributed by atoms with Crippen molar-refractivity contribution in [2.24, 2.45) is 0 Å².